The maximum atomic E-state index is 14.6. The highest BCUT2D eigenvalue weighted by Gasteiger charge is 2.45. The zero-order chi connectivity index (χ0) is 22.6. The molecule has 166 valence electrons. The van der Waals surface area contributed by atoms with Gasteiger partial charge in [0, 0.05) is 12.7 Å². The van der Waals surface area contributed by atoms with Gasteiger partial charge in [-0.3, -0.25) is 4.79 Å². The molecule has 0 N–H and O–H groups in total. The third kappa shape index (κ3) is 3.13. The van der Waals surface area contributed by atoms with Gasteiger partial charge in [0.1, 0.15) is 17.6 Å². The summed E-state index contributed by atoms with van der Waals surface area (Å²) in [6, 6.07) is 3.75. The highest BCUT2D eigenvalue weighted by molar-refractivity contribution is 5.95. The summed E-state index contributed by atoms with van der Waals surface area (Å²) in [5.74, 6) is -2.73. The smallest absolute Gasteiger partial charge is 0.377 e. The van der Waals surface area contributed by atoms with Gasteiger partial charge in [0.05, 0.1) is 30.4 Å². The van der Waals surface area contributed by atoms with Gasteiger partial charge in [-0.1, -0.05) is 6.07 Å². The average molecular weight is 451 g/mol. The van der Waals surface area contributed by atoms with E-state index >= 15 is 0 Å². The van der Waals surface area contributed by atoms with Crippen molar-refractivity contribution in [1.29, 1.82) is 0 Å². The molecule has 1 saturated heterocycles. The number of halogens is 5. The predicted molar refractivity (Wildman–Crippen MR) is 98.1 cm³/mol. The summed E-state index contributed by atoms with van der Waals surface area (Å²) in [5.41, 5.74) is -2.23. The van der Waals surface area contributed by atoms with Gasteiger partial charge >= 0.3 is 6.18 Å². The van der Waals surface area contributed by atoms with Gasteiger partial charge in [-0.25, -0.2) is 13.8 Å². The Bertz CT molecular complexity index is 1210. The number of carbonyl (C=O) groups is 1. The number of hydrogen-bond donors (Lipinski definition) is 0. The van der Waals surface area contributed by atoms with E-state index in [1.165, 1.54) is 23.2 Å². The van der Waals surface area contributed by atoms with Crippen molar-refractivity contribution in [3.05, 3.63) is 65.1 Å². The molecule has 2 aliphatic rings. The second kappa shape index (κ2) is 7.33. The predicted octanol–water partition coefficient (Wildman–Crippen LogP) is 3.23. The van der Waals surface area contributed by atoms with Crippen molar-refractivity contribution < 1.29 is 31.5 Å². The van der Waals surface area contributed by atoms with Crippen LogP contribution in [0.25, 0.3) is 11.5 Å². The molecule has 2 bridgehead atoms. The molecule has 7 nitrogen and oxygen atoms in total. The van der Waals surface area contributed by atoms with E-state index in [9.17, 15) is 26.7 Å². The minimum absolute atomic E-state index is 0.0195. The van der Waals surface area contributed by atoms with Crippen molar-refractivity contribution >= 4 is 5.91 Å². The van der Waals surface area contributed by atoms with Crippen LogP contribution in [0.5, 0.6) is 0 Å². The first-order valence-corrected chi connectivity index (χ1v) is 9.57. The summed E-state index contributed by atoms with van der Waals surface area (Å²) in [5, 5.41) is 8.07. The summed E-state index contributed by atoms with van der Waals surface area (Å²) < 4.78 is 75.4. The lowest BCUT2D eigenvalue weighted by Crippen LogP contribution is -2.56. The van der Waals surface area contributed by atoms with Crippen LogP contribution < -0.4 is 0 Å². The molecule has 3 aromatic rings. The number of carbonyl (C=O) groups excluding carboxylic acids is 1. The van der Waals surface area contributed by atoms with Gasteiger partial charge < -0.3 is 14.2 Å². The third-order valence-electron chi connectivity index (χ3n) is 5.53. The number of amides is 1. The lowest BCUT2D eigenvalue weighted by molar-refractivity contribution is -0.140. The molecule has 0 saturated carbocycles. The average Bonchev–Trinajstić information content (AvgIpc) is 3.16. The van der Waals surface area contributed by atoms with E-state index in [4.69, 9.17) is 4.74 Å². The van der Waals surface area contributed by atoms with Crippen molar-refractivity contribution in [3.8, 4) is 11.5 Å². The largest absolute Gasteiger partial charge is 0.419 e. The Morgan fingerprint density at radius 3 is 2.66 bits per heavy atom. The number of aromatic nitrogens is 4. The van der Waals surface area contributed by atoms with E-state index in [2.05, 4.69) is 15.2 Å². The fourth-order valence-corrected chi connectivity index (χ4v) is 4.11. The van der Waals surface area contributed by atoms with Crippen LogP contribution in [-0.4, -0.2) is 49.8 Å². The Balaban J connectivity index is 1.56. The first kappa shape index (κ1) is 20.5. The molecule has 1 fully saturated rings. The van der Waals surface area contributed by atoms with E-state index in [0.717, 1.165) is 12.1 Å². The fourth-order valence-electron chi connectivity index (χ4n) is 4.11. The van der Waals surface area contributed by atoms with Crippen LogP contribution in [0.1, 0.15) is 27.8 Å². The topological polar surface area (TPSA) is 73.1 Å². The number of morpholine rings is 1. The lowest BCUT2D eigenvalue weighted by atomic mass is 10.0. The van der Waals surface area contributed by atoms with Crippen LogP contribution in [0.4, 0.5) is 22.0 Å². The molecule has 2 unspecified atom stereocenters. The van der Waals surface area contributed by atoms with Crippen molar-refractivity contribution in [2.45, 2.75) is 24.8 Å². The Labute approximate surface area is 177 Å². The normalized spacial score (nSPS) is 20.2. The maximum absolute atomic E-state index is 14.6. The summed E-state index contributed by atoms with van der Waals surface area (Å²) >= 11 is 0. The Kier molecular flexibility index (Phi) is 4.69. The van der Waals surface area contributed by atoms with Gasteiger partial charge in [0.15, 0.2) is 17.5 Å². The molecule has 4 heterocycles. The van der Waals surface area contributed by atoms with Gasteiger partial charge in [0.25, 0.3) is 5.91 Å². The Morgan fingerprint density at radius 2 is 1.91 bits per heavy atom. The lowest BCUT2D eigenvalue weighted by Gasteiger charge is -2.45. The van der Waals surface area contributed by atoms with Gasteiger partial charge in [0.2, 0.25) is 0 Å². The summed E-state index contributed by atoms with van der Waals surface area (Å²) in [7, 11) is 0. The van der Waals surface area contributed by atoms with E-state index in [1.54, 1.807) is 4.57 Å². The fraction of sp³-hybridized carbons (Fsp3) is 0.300. The van der Waals surface area contributed by atoms with E-state index in [-0.39, 0.29) is 37.1 Å². The second-order valence-corrected chi connectivity index (χ2v) is 7.41. The molecule has 32 heavy (non-hydrogen) atoms. The summed E-state index contributed by atoms with van der Waals surface area (Å²) in [6.45, 7) is 0.118. The van der Waals surface area contributed by atoms with Gasteiger partial charge in [-0.2, -0.15) is 13.2 Å². The van der Waals surface area contributed by atoms with Crippen molar-refractivity contribution in [2.75, 3.05) is 13.2 Å². The molecule has 12 heteroatoms. The number of ether oxygens (including phenoxy) is 1. The number of pyridine rings is 1. The Morgan fingerprint density at radius 1 is 1.09 bits per heavy atom. The maximum Gasteiger partial charge on any atom is 0.419 e. The molecule has 2 aromatic heterocycles. The standard InChI is InChI=1S/C20H14F5N5O2/c21-13-5-2-6-26-16(13)18-28-27-17-14-9-32-8-10(7-29(17)18)30(14)19(31)11-3-1-4-12(15(11)22)20(23,24)25/h1-6,10,14H,7-9H2. The third-order valence-corrected chi connectivity index (χ3v) is 5.53. The number of hydrogen-bond acceptors (Lipinski definition) is 5. The highest BCUT2D eigenvalue weighted by atomic mass is 19.4. The van der Waals surface area contributed by atoms with Crippen molar-refractivity contribution in [3.63, 3.8) is 0 Å². The minimum Gasteiger partial charge on any atom is -0.377 e. The van der Waals surface area contributed by atoms with Crippen LogP contribution in [0.15, 0.2) is 36.5 Å². The van der Waals surface area contributed by atoms with Crippen molar-refractivity contribution in [1.82, 2.24) is 24.6 Å². The van der Waals surface area contributed by atoms with Crippen LogP contribution in [0.3, 0.4) is 0 Å². The quantitative estimate of drug-likeness (QED) is 0.560. The number of alkyl halides is 3. The van der Waals surface area contributed by atoms with Crippen LogP contribution in [0, 0.1) is 11.6 Å². The van der Waals surface area contributed by atoms with Gasteiger partial charge in [-0.15, -0.1) is 10.2 Å². The summed E-state index contributed by atoms with van der Waals surface area (Å²) in [4.78, 5) is 18.5. The molecule has 2 aliphatic heterocycles. The molecule has 0 aliphatic carbocycles. The molecule has 0 radical (unpaired) electrons. The monoisotopic (exact) mass is 451 g/mol. The van der Waals surface area contributed by atoms with E-state index in [1.807, 2.05) is 0 Å². The van der Waals surface area contributed by atoms with Crippen LogP contribution in [-0.2, 0) is 17.5 Å². The first-order valence-electron chi connectivity index (χ1n) is 9.57. The molecule has 1 aromatic carbocycles. The Hall–Kier alpha value is -3.41. The van der Waals surface area contributed by atoms with Crippen LogP contribution in [0.2, 0.25) is 0 Å². The molecule has 5 rings (SSSR count). The highest BCUT2D eigenvalue weighted by Crippen LogP contribution is 2.38. The minimum atomic E-state index is -4.94. The van der Waals surface area contributed by atoms with E-state index < -0.39 is 46.9 Å². The molecule has 0 spiro atoms. The zero-order valence-corrected chi connectivity index (χ0v) is 16.2. The number of nitrogens with zero attached hydrogens (tertiary/aromatic N) is 5. The van der Waals surface area contributed by atoms with E-state index in [0.29, 0.717) is 6.07 Å². The molecular weight excluding hydrogens is 437 g/mol. The molecule has 2 atom stereocenters. The SMILES string of the molecule is O=C(c1cccc(C(F)(F)F)c1F)N1C2COCC1c1nnc(-c3ncccc3F)n1C2. The molecule has 1 amide bonds. The van der Waals surface area contributed by atoms with Gasteiger partial charge in [-0.05, 0) is 24.3 Å². The number of rotatable bonds is 2. The number of fused-ring (bicyclic) bond motifs is 4. The summed E-state index contributed by atoms with van der Waals surface area (Å²) in [6.07, 6.45) is -3.54. The first-order chi connectivity index (χ1) is 15.3. The zero-order valence-electron chi connectivity index (χ0n) is 16.2. The second-order valence-electron chi connectivity index (χ2n) is 7.41. The van der Waals surface area contributed by atoms with Crippen LogP contribution >= 0.6 is 0 Å². The molecular formula is C20H14F5N5O2. The van der Waals surface area contributed by atoms with Crippen molar-refractivity contribution in [2.24, 2.45) is 0 Å². The number of benzene rings is 1.